The number of amides is 2. The van der Waals surface area contributed by atoms with Crippen LogP contribution in [0.5, 0.6) is 5.75 Å². The number of rotatable bonds is 7. The molecular formula is C25H36N2O4. The normalized spacial score (nSPS) is 24.0. The predicted octanol–water partition coefficient (Wildman–Crippen LogP) is 3.53. The monoisotopic (exact) mass is 428 g/mol. The van der Waals surface area contributed by atoms with Crippen LogP contribution in [-0.4, -0.2) is 56.7 Å². The fraction of sp³-hybridized carbons (Fsp3) is 0.600. The Labute approximate surface area is 186 Å². The number of benzene rings is 1. The van der Waals surface area contributed by atoms with Crippen LogP contribution in [0, 0.1) is 23.7 Å². The molecule has 0 unspecified atom stereocenters. The summed E-state index contributed by atoms with van der Waals surface area (Å²) in [6.07, 6.45) is 3.84. The number of carbonyl (C=O) groups is 2. The highest BCUT2D eigenvalue weighted by atomic mass is 16.5. The van der Waals surface area contributed by atoms with Crippen molar-refractivity contribution < 1.29 is 19.1 Å². The lowest BCUT2D eigenvalue weighted by molar-refractivity contribution is -0.136. The first kappa shape index (κ1) is 23.3. The van der Waals surface area contributed by atoms with Crippen molar-refractivity contribution in [2.75, 3.05) is 40.0 Å². The number of allylic oxidation sites excluding steroid dienone is 1. The molecule has 1 saturated heterocycles. The first-order chi connectivity index (χ1) is 14.9. The summed E-state index contributed by atoms with van der Waals surface area (Å²) in [4.78, 5) is 27.3. The average molecular weight is 429 g/mol. The van der Waals surface area contributed by atoms with Crippen molar-refractivity contribution in [2.45, 2.75) is 33.6 Å². The number of morpholine rings is 1. The molecule has 1 aliphatic heterocycles. The van der Waals surface area contributed by atoms with Crippen molar-refractivity contribution in [3.63, 3.8) is 0 Å². The average Bonchev–Trinajstić information content (AvgIpc) is 2.79. The van der Waals surface area contributed by atoms with Gasteiger partial charge in [0.15, 0.2) is 0 Å². The zero-order valence-corrected chi connectivity index (χ0v) is 19.2. The summed E-state index contributed by atoms with van der Waals surface area (Å²) in [5, 5.41) is 3.11. The number of hydrogen-bond acceptors (Lipinski definition) is 4. The number of ether oxygens (including phenoxy) is 2. The molecule has 1 aliphatic carbocycles. The van der Waals surface area contributed by atoms with Gasteiger partial charge in [-0.05, 0) is 61.3 Å². The Morgan fingerprint density at radius 1 is 1.19 bits per heavy atom. The third-order valence-corrected chi connectivity index (χ3v) is 6.72. The standard InChI is InChI=1S/C25H36N2O4/c1-17(2)23-14-20(15-24(28)27-9-11-31-12-10-27)18(3)13-21(23)16-26-25(29)19-5-7-22(30-4)8-6-19/h5-8,13,17,20-21,23H,9-12,14-16H2,1-4H3,(H,26,29)/t20-,21-,23-/m0/s1. The highest BCUT2D eigenvalue weighted by Crippen LogP contribution is 2.39. The van der Waals surface area contributed by atoms with Crippen LogP contribution in [0.2, 0.25) is 0 Å². The van der Waals surface area contributed by atoms with Crippen LogP contribution in [0.4, 0.5) is 0 Å². The summed E-state index contributed by atoms with van der Waals surface area (Å²) in [7, 11) is 1.61. The largest absolute Gasteiger partial charge is 0.497 e. The van der Waals surface area contributed by atoms with E-state index in [0.717, 1.165) is 12.2 Å². The third-order valence-electron chi connectivity index (χ3n) is 6.72. The first-order valence-electron chi connectivity index (χ1n) is 11.3. The lowest BCUT2D eigenvalue weighted by atomic mass is 9.69. The smallest absolute Gasteiger partial charge is 0.251 e. The van der Waals surface area contributed by atoms with E-state index in [1.54, 1.807) is 31.4 Å². The number of nitrogens with one attached hydrogen (secondary N) is 1. The fourth-order valence-electron chi connectivity index (χ4n) is 4.72. The quantitative estimate of drug-likeness (QED) is 0.675. The van der Waals surface area contributed by atoms with Gasteiger partial charge in [-0.1, -0.05) is 25.5 Å². The van der Waals surface area contributed by atoms with E-state index in [2.05, 4.69) is 32.2 Å². The third kappa shape index (κ3) is 6.10. The molecule has 1 fully saturated rings. The minimum absolute atomic E-state index is 0.0687. The summed E-state index contributed by atoms with van der Waals surface area (Å²) in [5.41, 5.74) is 1.90. The molecule has 0 radical (unpaired) electrons. The van der Waals surface area contributed by atoms with Gasteiger partial charge in [0.1, 0.15) is 5.75 Å². The molecule has 2 amide bonds. The molecule has 1 aromatic carbocycles. The Morgan fingerprint density at radius 3 is 2.48 bits per heavy atom. The molecule has 1 aromatic rings. The molecule has 6 nitrogen and oxygen atoms in total. The van der Waals surface area contributed by atoms with E-state index in [1.807, 2.05) is 4.90 Å². The van der Waals surface area contributed by atoms with Crippen LogP contribution in [0.1, 0.15) is 44.0 Å². The van der Waals surface area contributed by atoms with Gasteiger partial charge in [-0.2, -0.15) is 0 Å². The molecule has 3 atom stereocenters. The molecule has 0 spiro atoms. The summed E-state index contributed by atoms with van der Waals surface area (Å²) in [5.74, 6) is 2.36. The highest BCUT2D eigenvalue weighted by molar-refractivity contribution is 5.94. The Morgan fingerprint density at radius 2 is 1.87 bits per heavy atom. The molecule has 6 heteroatoms. The first-order valence-corrected chi connectivity index (χ1v) is 11.3. The number of hydrogen-bond donors (Lipinski definition) is 1. The van der Waals surface area contributed by atoms with Crippen molar-refractivity contribution in [2.24, 2.45) is 23.7 Å². The maximum Gasteiger partial charge on any atom is 0.251 e. The Kier molecular flexibility index (Phi) is 8.13. The van der Waals surface area contributed by atoms with Gasteiger partial charge in [0.2, 0.25) is 5.91 Å². The molecular weight excluding hydrogens is 392 g/mol. The predicted molar refractivity (Wildman–Crippen MR) is 121 cm³/mol. The Bertz CT molecular complexity index is 781. The number of methoxy groups -OCH3 is 1. The van der Waals surface area contributed by atoms with E-state index in [4.69, 9.17) is 9.47 Å². The topological polar surface area (TPSA) is 67.9 Å². The van der Waals surface area contributed by atoms with Crippen molar-refractivity contribution in [1.82, 2.24) is 10.2 Å². The van der Waals surface area contributed by atoms with Gasteiger partial charge in [0.05, 0.1) is 20.3 Å². The van der Waals surface area contributed by atoms with Crippen LogP contribution >= 0.6 is 0 Å². The number of nitrogens with zero attached hydrogens (tertiary/aromatic N) is 1. The van der Waals surface area contributed by atoms with E-state index in [-0.39, 0.29) is 23.7 Å². The summed E-state index contributed by atoms with van der Waals surface area (Å²) < 4.78 is 10.5. The minimum atomic E-state index is -0.0687. The zero-order valence-electron chi connectivity index (χ0n) is 19.2. The SMILES string of the molecule is COc1ccc(C(=O)NC[C@@H]2C=C(C)[C@H](CC(=O)N3CCOCC3)C[C@H]2C(C)C)cc1. The summed E-state index contributed by atoms with van der Waals surface area (Å²) in [6, 6.07) is 7.16. The lowest BCUT2D eigenvalue weighted by Crippen LogP contribution is -2.42. The highest BCUT2D eigenvalue weighted by Gasteiger charge is 2.33. The molecule has 3 rings (SSSR count). The van der Waals surface area contributed by atoms with Gasteiger partial charge in [-0.25, -0.2) is 0 Å². The maximum atomic E-state index is 12.8. The van der Waals surface area contributed by atoms with E-state index in [1.165, 1.54) is 5.57 Å². The second kappa shape index (κ2) is 10.8. The molecule has 0 bridgehead atoms. The van der Waals surface area contributed by atoms with Gasteiger partial charge in [-0.3, -0.25) is 9.59 Å². The maximum absolute atomic E-state index is 12.8. The lowest BCUT2D eigenvalue weighted by Gasteiger charge is -2.38. The van der Waals surface area contributed by atoms with Crippen LogP contribution in [-0.2, 0) is 9.53 Å². The second-order valence-corrected chi connectivity index (χ2v) is 9.05. The number of carbonyl (C=O) groups excluding carboxylic acids is 2. The van der Waals surface area contributed by atoms with Crippen molar-refractivity contribution >= 4 is 11.8 Å². The molecule has 31 heavy (non-hydrogen) atoms. The van der Waals surface area contributed by atoms with Crippen molar-refractivity contribution in [3.8, 4) is 5.75 Å². The van der Waals surface area contributed by atoms with Crippen molar-refractivity contribution in [3.05, 3.63) is 41.5 Å². The van der Waals surface area contributed by atoms with Crippen LogP contribution in [0.3, 0.4) is 0 Å². The van der Waals surface area contributed by atoms with Gasteiger partial charge >= 0.3 is 0 Å². The molecule has 170 valence electrons. The summed E-state index contributed by atoms with van der Waals surface area (Å²) >= 11 is 0. The van der Waals surface area contributed by atoms with Gasteiger partial charge in [0, 0.05) is 31.6 Å². The molecule has 0 aromatic heterocycles. The molecule has 2 aliphatic rings. The van der Waals surface area contributed by atoms with Crippen LogP contribution in [0.15, 0.2) is 35.9 Å². The second-order valence-electron chi connectivity index (χ2n) is 9.05. The molecule has 1 heterocycles. The fourth-order valence-corrected chi connectivity index (χ4v) is 4.72. The van der Waals surface area contributed by atoms with Crippen LogP contribution in [0.25, 0.3) is 0 Å². The van der Waals surface area contributed by atoms with Gasteiger partial charge in [0.25, 0.3) is 5.91 Å². The van der Waals surface area contributed by atoms with E-state index < -0.39 is 0 Å². The minimum Gasteiger partial charge on any atom is -0.497 e. The van der Waals surface area contributed by atoms with E-state index in [9.17, 15) is 9.59 Å². The van der Waals surface area contributed by atoms with Gasteiger partial charge < -0.3 is 19.7 Å². The van der Waals surface area contributed by atoms with Crippen molar-refractivity contribution in [1.29, 1.82) is 0 Å². The molecule has 1 N–H and O–H groups in total. The Balaban J connectivity index is 1.61. The van der Waals surface area contributed by atoms with Gasteiger partial charge in [-0.15, -0.1) is 0 Å². The Hall–Kier alpha value is -2.34. The van der Waals surface area contributed by atoms with E-state index >= 15 is 0 Å². The summed E-state index contributed by atoms with van der Waals surface area (Å²) in [6.45, 7) is 9.87. The van der Waals surface area contributed by atoms with Crippen LogP contribution < -0.4 is 10.1 Å². The molecule has 0 saturated carbocycles. The zero-order chi connectivity index (χ0) is 22.4. The van der Waals surface area contributed by atoms with E-state index in [0.29, 0.717) is 56.7 Å².